The number of aromatic nitrogens is 2. The summed E-state index contributed by atoms with van der Waals surface area (Å²) >= 11 is 0. The highest BCUT2D eigenvalue weighted by Gasteiger charge is 2.19. The monoisotopic (exact) mass is 709 g/mol. The molecule has 0 saturated heterocycles. The highest BCUT2D eigenvalue weighted by Crippen LogP contribution is 2.42. The number of rotatable bonds is 3. The Labute approximate surface area is 322 Å². The van der Waals surface area contributed by atoms with Crippen LogP contribution in [0.25, 0.3) is 109 Å². The number of para-hydroxylation sites is 3. The van der Waals surface area contributed by atoms with Gasteiger partial charge in [-0.25, -0.2) is 0 Å². The number of fused-ring (bicyclic) bond motifs is 13. The standard InChI is InChI=1S/C53H31N3/c54-32-37-27-36(29-48-42-16-5-4-14-40(42)41-15-6-7-19-45(41)53(37)48)34-22-23-35-28-39(25-24-33(35)26-34)56-50-21-11-9-18-44(50)47-30-46-43-17-8-10-20-49(43)55(51(46)31-52(47)56)38-12-2-1-3-13-38/h1-31H. The quantitative estimate of drug-likeness (QED) is 0.168. The van der Waals surface area contributed by atoms with Gasteiger partial charge in [-0.15, -0.1) is 0 Å². The molecule has 0 atom stereocenters. The molecule has 0 fully saturated rings. The zero-order valence-corrected chi connectivity index (χ0v) is 30.2. The zero-order valence-electron chi connectivity index (χ0n) is 30.2. The lowest BCUT2D eigenvalue weighted by atomic mass is 9.89. The molecule has 0 unspecified atom stereocenters. The van der Waals surface area contributed by atoms with E-state index in [1.165, 1.54) is 54.4 Å². The van der Waals surface area contributed by atoms with Crippen molar-refractivity contribution in [3.05, 3.63) is 194 Å². The first-order chi connectivity index (χ1) is 27.7. The van der Waals surface area contributed by atoms with Crippen molar-refractivity contribution in [2.24, 2.45) is 0 Å². The largest absolute Gasteiger partial charge is 0.309 e. The summed E-state index contributed by atoms with van der Waals surface area (Å²) in [6, 6.07) is 70.3. The van der Waals surface area contributed by atoms with Gasteiger partial charge >= 0.3 is 0 Å². The van der Waals surface area contributed by atoms with Gasteiger partial charge in [0.05, 0.1) is 33.7 Å². The van der Waals surface area contributed by atoms with E-state index in [4.69, 9.17) is 0 Å². The van der Waals surface area contributed by atoms with Crippen molar-refractivity contribution in [3.63, 3.8) is 0 Å². The zero-order chi connectivity index (χ0) is 36.9. The Morgan fingerprint density at radius 2 is 0.857 bits per heavy atom. The lowest BCUT2D eigenvalue weighted by Gasteiger charge is -2.14. The van der Waals surface area contributed by atoms with Crippen LogP contribution in [-0.2, 0) is 0 Å². The van der Waals surface area contributed by atoms with Crippen LogP contribution < -0.4 is 0 Å². The Balaban J connectivity index is 1.05. The fourth-order valence-electron chi connectivity index (χ4n) is 9.40. The third-order valence-electron chi connectivity index (χ3n) is 11.9. The van der Waals surface area contributed by atoms with E-state index in [1.807, 2.05) is 0 Å². The minimum absolute atomic E-state index is 0.696. The predicted molar refractivity (Wildman–Crippen MR) is 235 cm³/mol. The topological polar surface area (TPSA) is 33.6 Å². The van der Waals surface area contributed by atoms with Gasteiger partial charge in [0.15, 0.2) is 0 Å². The molecule has 0 bridgehead atoms. The Morgan fingerprint density at radius 3 is 1.54 bits per heavy atom. The molecule has 258 valence electrons. The van der Waals surface area contributed by atoms with Crippen molar-refractivity contribution in [2.75, 3.05) is 0 Å². The van der Waals surface area contributed by atoms with Crippen molar-refractivity contribution in [2.45, 2.75) is 0 Å². The number of hydrogen-bond acceptors (Lipinski definition) is 1. The molecular weight excluding hydrogens is 679 g/mol. The third-order valence-corrected chi connectivity index (χ3v) is 11.9. The van der Waals surface area contributed by atoms with Crippen molar-refractivity contribution in [3.8, 4) is 28.6 Å². The molecule has 0 saturated carbocycles. The highest BCUT2D eigenvalue weighted by atomic mass is 15.0. The second kappa shape index (κ2) is 11.7. The Bertz CT molecular complexity index is 3650. The van der Waals surface area contributed by atoms with Crippen LogP contribution in [0.15, 0.2) is 188 Å². The maximum Gasteiger partial charge on any atom is 0.0998 e. The van der Waals surface area contributed by atoms with Gasteiger partial charge in [-0.2, -0.15) is 5.26 Å². The van der Waals surface area contributed by atoms with Gasteiger partial charge in [0.25, 0.3) is 0 Å². The molecule has 12 rings (SSSR count). The summed E-state index contributed by atoms with van der Waals surface area (Å²) in [4.78, 5) is 0. The Morgan fingerprint density at radius 1 is 0.321 bits per heavy atom. The number of hydrogen-bond donors (Lipinski definition) is 0. The average molecular weight is 710 g/mol. The van der Waals surface area contributed by atoms with Crippen molar-refractivity contribution >= 4 is 86.7 Å². The van der Waals surface area contributed by atoms with Gasteiger partial charge in [-0.1, -0.05) is 121 Å². The molecule has 2 heterocycles. The Hall–Kier alpha value is -7.67. The van der Waals surface area contributed by atoms with Gasteiger partial charge in [0.2, 0.25) is 0 Å². The van der Waals surface area contributed by atoms with E-state index in [0.29, 0.717) is 5.56 Å². The van der Waals surface area contributed by atoms with Gasteiger partial charge in [0, 0.05) is 38.3 Å². The molecule has 56 heavy (non-hydrogen) atoms. The van der Waals surface area contributed by atoms with Crippen LogP contribution in [0.4, 0.5) is 0 Å². The third kappa shape index (κ3) is 4.33. The van der Waals surface area contributed by atoms with Crippen LogP contribution in [0.1, 0.15) is 5.56 Å². The van der Waals surface area contributed by atoms with Crippen LogP contribution in [0.2, 0.25) is 0 Å². The van der Waals surface area contributed by atoms with E-state index < -0.39 is 0 Å². The van der Waals surface area contributed by atoms with Crippen LogP contribution >= 0.6 is 0 Å². The maximum absolute atomic E-state index is 10.5. The summed E-state index contributed by atoms with van der Waals surface area (Å²) in [6.45, 7) is 0. The summed E-state index contributed by atoms with van der Waals surface area (Å²) in [5.41, 5.74) is 9.85. The fraction of sp³-hybridized carbons (Fsp3) is 0. The number of benzene rings is 10. The van der Waals surface area contributed by atoms with Crippen LogP contribution in [0.5, 0.6) is 0 Å². The van der Waals surface area contributed by atoms with Crippen molar-refractivity contribution in [1.29, 1.82) is 5.26 Å². The van der Waals surface area contributed by atoms with Crippen LogP contribution in [-0.4, -0.2) is 9.13 Å². The van der Waals surface area contributed by atoms with Crippen LogP contribution in [0.3, 0.4) is 0 Å². The van der Waals surface area contributed by atoms with Gasteiger partial charge in [-0.3, -0.25) is 0 Å². The van der Waals surface area contributed by atoms with E-state index in [1.54, 1.807) is 0 Å². The van der Waals surface area contributed by atoms with Gasteiger partial charge in [0.1, 0.15) is 0 Å². The molecular formula is C53H31N3. The lowest BCUT2D eigenvalue weighted by Crippen LogP contribution is -1.96. The molecule has 0 amide bonds. The number of nitrogens with zero attached hydrogens (tertiary/aromatic N) is 3. The summed E-state index contributed by atoms with van der Waals surface area (Å²) in [7, 11) is 0. The first-order valence-corrected chi connectivity index (χ1v) is 19.1. The van der Waals surface area contributed by atoms with E-state index in [2.05, 4.69) is 203 Å². The molecule has 0 radical (unpaired) electrons. The average Bonchev–Trinajstić information content (AvgIpc) is 3.77. The predicted octanol–water partition coefficient (Wildman–Crippen LogP) is 14.0. The van der Waals surface area contributed by atoms with Gasteiger partial charge in [-0.05, 0) is 116 Å². The second-order valence-electron chi connectivity index (χ2n) is 14.8. The van der Waals surface area contributed by atoms with E-state index >= 15 is 0 Å². The van der Waals surface area contributed by atoms with Gasteiger partial charge < -0.3 is 9.13 Å². The number of nitriles is 1. The molecule has 2 aromatic heterocycles. The second-order valence-corrected chi connectivity index (χ2v) is 14.8. The normalized spacial score (nSPS) is 11.9. The van der Waals surface area contributed by atoms with E-state index in [0.717, 1.165) is 54.8 Å². The lowest BCUT2D eigenvalue weighted by molar-refractivity contribution is 1.17. The molecule has 12 aromatic rings. The molecule has 0 aliphatic carbocycles. The minimum atomic E-state index is 0.696. The molecule has 0 spiro atoms. The van der Waals surface area contributed by atoms with Crippen molar-refractivity contribution in [1.82, 2.24) is 9.13 Å². The SMILES string of the molecule is N#Cc1cc(-c2ccc3cc(-n4c5ccccc5c5cc6c7ccccc7n(-c7ccccc7)c6cc54)ccc3c2)cc2c3ccccc3c3ccccc3c12. The summed E-state index contributed by atoms with van der Waals surface area (Å²) in [6.07, 6.45) is 0. The molecule has 10 aromatic carbocycles. The summed E-state index contributed by atoms with van der Waals surface area (Å²) in [5, 5.41) is 24.6. The first-order valence-electron chi connectivity index (χ1n) is 19.1. The molecule has 3 heteroatoms. The Kier molecular flexibility index (Phi) is 6.41. The van der Waals surface area contributed by atoms with Crippen molar-refractivity contribution < 1.29 is 0 Å². The first kappa shape index (κ1) is 30.8. The highest BCUT2D eigenvalue weighted by molar-refractivity contribution is 6.27. The summed E-state index contributed by atoms with van der Waals surface area (Å²) in [5.74, 6) is 0. The molecule has 3 nitrogen and oxygen atoms in total. The minimum Gasteiger partial charge on any atom is -0.309 e. The van der Waals surface area contributed by atoms with Crippen LogP contribution in [0, 0.1) is 11.3 Å². The maximum atomic E-state index is 10.5. The molecule has 0 aliphatic heterocycles. The van der Waals surface area contributed by atoms with E-state index in [9.17, 15) is 5.26 Å². The smallest absolute Gasteiger partial charge is 0.0998 e. The fourth-order valence-corrected chi connectivity index (χ4v) is 9.40. The molecule has 0 N–H and O–H groups in total. The molecule has 0 aliphatic rings. The van der Waals surface area contributed by atoms with E-state index in [-0.39, 0.29) is 0 Å². The summed E-state index contributed by atoms with van der Waals surface area (Å²) < 4.78 is 4.81.